The van der Waals surface area contributed by atoms with Crippen molar-refractivity contribution in [1.82, 2.24) is 10.2 Å². The van der Waals surface area contributed by atoms with Crippen LogP contribution in [0.5, 0.6) is 0 Å². The lowest BCUT2D eigenvalue weighted by Crippen LogP contribution is -2.41. The Hall–Kier alpha value is -0.870. The summed E-state index contributed by atoms with van der Waals surface area (Å²) >= 11 is 0. The Morgan fingerprint density at radius 3 is 3.05 bits per heavy atom. The van der Waals surface area contributed by atoms with E-state index in [-0.39, 0.29) is 18.6 Å². The van der Waals surface area contributed by atoms with Gasteiger partial charge in [-0.25, -0.2) is 0 Å². The predicted octanol–water partition coefficient (Wildman–Crippen LogP) is 1.45. The number of aliphatic hydroxyl groups excluding tert-OH is 1. The molecule has 108 valence electrons. The first-order valence-corrected chi connectivity index (χ1v) is 7.59. The molecule has 0 aromatic rings. The van der Waals surface area contributed by atoms with Gasteiger partial charge >= 0.3 is 0 Å². The van der Waals surface area contributed by atoms with E-state index in [2.05, 4.69) is 16.3 Å². The molecule has 0 bridgehead atoms. The maximum Gasteiger partial charge on any atom is 0.234 e. The van der Waals surface area contributed by atoms with E-state index in [0.717, 1.165) is 32.4 Å². The zero-order chi connectivity index (χ0) is 13.5. The van der Waals surface area contributed by atoms with Crippen molar-refractivity contribution in [3.63, 3.8) is 0 Å². The fourth-order valence-corrected chi connectivity index (χ4v) is 3.04. The number of allylic oxidation sites excluding steroid dienone is 1. The molecule has 1 fully saturated rings. The first kappa shape index (κ1) is 14.5. The third kappa shape index (κ3) is 4.62. The number of nitrogens with zero attached hydrogens (tertiary/aromatic N) is 1. The van der Waals surface area contributed by atoms with Crippen molar-refractivity contribution >= 4 is 5.91 Å². The van der Waals surface area contributed by atoms with Gasteiger partial charge in [-0.1, -0.05) is 11.6 Å². The highest BCUT2D eigenvalue weighted by atomic mass is 16.3. The van der Waals surface area contributed by atoms with Gasteiger partial charge in [0.05, 0.1) is 13.2 Å². The molecule has 2 N–H and O–H groups in total. The third-order valence-electron chi connectivity index (χ3n) is 4.21. The Labute approximate surface area is 115 Å². The molecule has 4 heteroatoms. The minimum atomic E-state index is 0.0942. The summed E-state index contributed by atoms with van der Waals surface area (Å²) in [7, 11) is 0. The summed E-state index contributed by atoms with van der Waals surface area (Å²) in [5.74, 6) is 0.0942. The Kier molecular flexibility index (Phi) is 5.86. The molecule has 1 saturated heterocycles. The van der Waals surface area contributed by atoms with E-state index in [1.54, 1.807) is 0 Å². The summed E-state index contributed by atoms with van der Waals surface area (Å²) in [6, 6.07) is 0.187. The summed E-state index contributed by atoms with van der Waals surface area (Å²) in [6.07, 6.45) is 10.4. The Balaban J connectivity index is 1.63. The van der Waals surface area contributed by atoms with Gasteiger partial charge in [-0.05, 0) is 51.5 Å². The number of hydrogen-bond donors (Lipinski definition) is 2. The second-order valence-corrected chi connectivity index (χ2v) is 5.66. The van der Waals surface area contributed by atoms with E-state index in [1.165, 1.54) is 31.3 Å². The van der Waals surface area contributed by atoms with Gasteiger partial charge in [0.2, 0.25) is 5.91 Å². The van der Waals surface area contributed by atoms with E-state index in [0.29, 0.717) is 6.54 Å². The number of amides is 1. The van der Waals surface area contributed by atoms with Crippen molar-refractivity contribution in [3.8, 4) is 0 Å². The number of hydrogen-bond acceptors (Lipinski definition) is 3. The van der Waals surface area contributed by atoms with Gasteiger partial charge in [-0.3, -0.25) is 9.69 Å². The molecule has 1 aliphatic heterocycles. The molecule has 1 heterocycles. The van der Waals surface area contributed by atoms with Crippen LogP contribution in [0.3, 0.4) is 0 Å². The molecule has 2 aliphatic rings. The van der Waals surface area contributed by atoms with Gasteiger partial charge in [-0.2, -0.15) is 0 Å². The van der Waals surface area contributed by atoms with Crippen LogP contribution >= 0.6 is 0 Å². The summed E-state index contributed by atoms with van der Waals surface area (Å²) in [5, 5.41) is 12.2. The summed E-state index contributed by atoms with van der Waals surface area (Å²) < 4.78 is 0. The monoisotopic (exact) mass is 266 g/mol. The SMILES string of the molecule is O=C(CN1CCCC1CO)NCCC1=CCCCC1. The van der Waals surface area contributed by atoms with Gasteiger partial charge in [0.25, 0.3) is 0 Å². The second kappa shape index (κ2) is 7.65. The molecule has 1 aliphatic carbocycles. The van der Waals surface area contributed by atoms with Gasteiger partial charge in [0, 0.05) is 12.6 Å². The molecule has 19 heavy (non-hydrogen) atoms. The molecular formula is C15H26N2O2. The molecule has 0 aromatic heterocycles. The van der Waals surface area contributed by atoms with Crippen LogP contribution in [0.4, 0.5) is 0 Å². The quantitative estimate of drug-likeness (QED) is 0.716. The zero-order valence-corrected chi connectivity index (χ0v) is 11.7. The highest BCUT2D eigenvalue weighted by Gasteiger charge is 2.25. The Morgan fingerprint density at radius 1 is 1.42 bits per heavy atom. The first-order valence-electron chi connectivity index (χ1n) is 7.59. The van der Waals surface area contributed by atoms with Crippen LogP contribution in [-0.4, -0.2) is 48.2 Å². The first-order chi connectivity index (χ1) is 9.29. The van der Waals surface area contributed by atoms with Crippen LogP contribution in [0.15, 0.2) is 11.6 Å². The number of aliphatic hydroxyl groups is 1. The van der Waals surface area contributed by atoms with E-state index in [4.69, 9.17) is 0 Å². The van der Waals surface area contributed by atoms with Gasteiger partial charge < -0.3 is 10.4 Å². The van der Waals surface area contributed by atoms with Crippen molar-refractivity contribution in [1.29, 1.82) is 0 Å². The predicted molar refractivity (Wildman–Crippen MR) is 75.9 cm³/mol. The lowest BCUT2D eigenvalue weighted by molar-refractivity contribution is -0.122. The second-order valence-electron chi connectivity index (χ2n) is 5.66. The molecule has 1 amide bonds. The molecule has 0 spiro atoms. The summed E-state index contributed by atoms with van der Waals surface area (Å²) in [5.41, 5.74) is 1.50. The van der Waals surface area contributed by atoms with Gasteiger partial charge in [0.1, 0.15) is 0 Å². The molecule has 2 rings (SSSR count). The fraction of sp³-hybridized carbons (Fsp3) is 0.800. The van der Waals surface area contributed by atoms with Crippen LogP contribution in [0.25, 0.3) is 0 Å². The van der Waals surface area contributed by atoms with Crippen molar-refractivity contribution in [2.24, 2.45) is 0 Å². The smallest absolute Gasteiger partial charge is 0.234 e. The summed E-state index contributed by atoms with van der Waals surface area (Å²) in [6.45, 7) is 2.29. The van der Waals surface area contributed by atoms with E-state index >= 15 is 0 Å². The average Bonchev–Trinajstić information content (AvgIpc) is 2.87. The third-order valence-corrected chi connectivity index (χ3v) is 4.21. The minimum absolute atomic E-state index is 0.0942. The fourth-order valence-electron chi connectivity index (χ4n) is 3.04. The molecule has 1 atom stereocenters. The van der Waals surface area contributed by atoms with Gasteiger partial charge in [-0.15, -0.1) is 0 Å². The van der Waals surface area contributed by atoms with Crippen molar-refractivity contribution in [3.05, 3.63) is 11.6 Å². The van der Waals surface area contributed by atoms with Gasteiger partial charge in [0.15, 0.2) is 0 Å². The largest absolute Gasteiger partial charge is 0.395 e. The molecule has 0 saturated carbocycles. The number of carbonyl (C=O) groups is 1. The van der Waals surface area contributed by atoms with Crippen LogP contribution in [0, 0.1) is 0 Å². The standard InChI is InChI=1S/C15H26N2O2/c18-12-14-7-4-10-17(14)11-15(19)16-9-8-13-5-2-1-3-6-13/h5,14,18H,1-4,6-12H2,(H,16,19). The minimum Gasteiger partial charge on any atom is -0.395 e. The topological polar surface area (TPSA) is 52.6 Å². The van der Waals surface area contributed by atoms with Crippen LogP contribution in [-0.2, 0) is 4.79 Å². The molecule has 4 nitrogen and oxygen atoms in total. The summed E-state index contributed by atoms with van der Waals surface area (Å²) in [4.78, 5) is 13.9. The van der Waals surface area contributed by atoms with E-state index in [1.807, 2.05) is 0 Å². The lowest BCUT2D eigenvalue weighted by Gasteiger charge is -2.22. The van der Waals surface area contributed by atoms with E-state index in [9.17, 15) is 9.90 Å². The molecule has 0 radical (unpaired) electrons. The Morgan fingerprint density at radius 2 is 2.32 bits per heavy atom. The number of likely N-dealkylation sites (tertiary alicyclic amines) is 1. The van der Waals surface area contributed by atoms with Crippen LogP contribution in [0.1, 0.15) is 44.9 Å². The highest BCUT2D eigenvalue weighted by Crippen LogP contribution is 2.19. The normalized spacial score (nSPS) is 24.3. The van der Waals surface area contributed by atoms with Crippen LogP contribution < -0.4 is 5.32 Å². The van der Waals surface area contributed by atoms with Crippen LogP contribution in [0.2, 0.25) is 0 Å². The number of nitrogens with one attached hydrogen (secondary N) is 1. The average molecular weight is 266 g/mol. The maximum absolute atomic E-state index is 11.8. The molecule has 1 unspecified atom stereocenters. The zero-order valence-electron chi connectivity index (χ0n) is 11.7. The van der Waals surface area contributed by atoms with Crippen molar-refractivity contribution < 1.29 is 9.90 Å². The maximum atomic E-state index is 11.8. The van der Waals surface area contributed by atoms with Crippen molar-refractivity contribution in [2.45, 2.75) is 51.0 Å². The molecular weight excluding hydrogens is 240 g/mol. The van der Waals surface area contributed by atoms with Crippen molar-refractivity contribution in [2.75, 3.05) is 26.2 Å². The molecule has 0 aromatic carbocycles. The number of carbonyl (C=O) groups excluding carboxylic acids is 1. The van der Waals surface area contributed by atoms with E-state index < -0.39 is 0 Å². The Bertz CT molecular complexity index is 328. The highest BCUT2D eigenvalue weighted by molar-refractivity contribution is 5.78. The number of rotatable bonds is 6. The lowest BCUT2D eigenvalue weighted by atomic mass is 9.97.